The first-order valence-electron chi connectivity index (χ1n) is 6.29. The number of rotatable bonds is 8. The van der Waals surface area contributed by atoms with Crippen molar-refractivity contribution in [1.29, 1.82) is 0 Å². The summed E-state index contributed by atoms with van der Waals surface area (Å²) in [6.07, 6.45) is 3.43. The van der Waals surface area contributed by atoms with Gasteiger partial charge in [0.2, 0.25) is 0 Å². The molecule has 0 aromatic heterocycles. The van der Waals surface area contributed by atoms with Gasteiger partial charge in [-0.25, -0.2) is 0 Å². The highest BCUT2D eigenvalue weighted by molar-refractivity contribution is 5.75. The van der Waals surface area contributed by atoms with Crippen LogP contribution in [0.4, 0.5) is 0 Å². The Balaban J connectivity index is 2.14. The first-order chi connectivity index (χ1) is 7.69. The van der Waals surface area contributed by atoms with Crippen molar-refractivity contribution in [3.63, 3.8) is 0 Å². The zero-order valence-electron chi connectivity index (χ0n) is 10.7. The Bertz CT molecular complexity index is 217. The van der Waals surface area contributed by atoms with Gasteiger partial charge in [0.25, 0.3) is 0 Å². The van der Waals surface area contributed by atoms with Gasteiger partial charge in [0.05, 0.1) is 6.61 Å². The smallest absolute Gasteiger partial charge is 0.323 e. The zero-order chi connectivity index (χ0) is 12.0. The van der Waals surface area contributed by atoms with E-state index in [0.717, 1.165) is 25.6 Å². The maximum atomic E-state index is 11.5. The Kier molecular flexibility index (Phi) is 5.77. The maximum absolute atomic E-state index is 11.5. The van der Waals surface area contributed by atoms with Crippen LogP contribution in [0.3, 0.4) is 0 Å². The Morgan fingerprint density at radius 2 is 2.19 bits per heavy atom. The number of carbonyl (C=O) groups excluding carboxylic acids is 1. The predicted molar refractivity (Wildman–Crippen MR) is 64.4 cm³/mol. The van der Waals surface area contributed by atoms with E-state index in [-0.39, 0.29) is 12.0 Å². The molecule has 1 aliphatic carbocycles. The van der Waals surface area contributed by atoms with Crippen LogP contribution >= 0.6 is 0 Å². The summed E-state index contributed by atoms with van der Waals surface area (Å²) < 4.78 is 5.00. The molecule has 1 saturated carbocycles. The number of hydrogen-bond donors (Lipinski definition) is 1. The van der Waals surface area contributed by atoms with Crippen LogP contribution in [0.25, 0.3) is 0 Å². The van der Waals surface area contributed by atoms with Crippen LogP contribution in [0.1, 0.15) is 33.1 Å². The minimum atomic E-state index is -0.146. The number of likely N-dealkylation sites (N-methyl/N-ethyl adjacent to an activating group) is 1. The van der Waals surface area contributed by atoms with Gasteiger partial charge in [0.15, 0.2) is 0 Å². The lowest BCUT2D eigenvalue weighted by molar-refractivity contribution is -0.145. The summed E-state index contributed by atoms with van der Waals surface area (Å²) in [5.74, 6) is -0.126. The highest BCUT2D eigenvalue weighted by atomic mass is 16.5. The second kappa shape index (κ2) is 6.86. The summed E-state index contributed by atoms with van der Waals surface area (Å²) in [6.45, 7) is 6.15. The summed E-state index contributed by atoms with van der Waals surface area (Å²) >= 11 is 0. The Morgan fingerprint density at radius 3 is 2.69 bits per heavy atom. The van der Waals surface area contributed by atoms with E-state index in [1.54, 1.807) is 0 Å². The molecule has 4 nitrogen and oxygen atoms in total. The van der Waals surface area contributed by atoms with E-state index in [1.807, 2.05) is 13.8 Å². The van der Waals surface area contributed by atoms with Crippen molar-refractivity contribution in [3.05, 3.63) is 0 Å². The molecule has 0 aliphatic heterocycles. The molecule has 0 amide bonds. The largest absolute Gasteiger partial charge is 0.465 e. The van der Waals surface area contributed by atoms with Crippen LogP contribution in [0.5, 0.6) is 0 Å². The molecule has 1 fully saturated rings. The van der Waals surface area contributed by atoms with Crippen molar-refractivity contribution in [1.82, 2.24) is 10.2 Å². The first-order valence-corrected chi connectivity index (χ1v) is 6.29. The average molecular weight is 228 g/mol. The molecular formula is C12H24N2O2. The molecule has 0 heterocycles. The fraction of sp³-hybridized carbons (Fsp3) is 0.917. The minimum Gasteiger partial charge on any atom is -0.465 e. The summed E-state index contributed by atoms with van der Waals surface area (Å²) in [5.41, 5.74) is 0. The molecular weight excluding hydrogens is 204 g/mol. The van der Waals surface area contributed by atoms with Gasteiger partial charge in [-0.05, 0) is 33.2 Å². The standard InChI is InChI=1S/C12H24N2O2/c1-4-11(12(15)16-5-2)13-8-9-14(3)10-6-7-10/h10-11,13H,4-9H2,1-3H3. The summed E-state index contributed by atoms with van der Waals surface area (Å²) in [5, 5.41) is 3.25. The van der Waals surface area contributed by atoms with Gasteiger partial charge in [-0.15, -0.1) is 0 Å². The molecule has 16 heavy (non-hydrogen) atoms. The third-order valence-corrected chi connectivity index (χ3v) is 3.00. The van der Waals surface area contributed by atoms with Crippen molar-refractivity contribution >= 4 is 5.97 Å². The van der Waals surface area contributed by atoms with Crippen molar-refractivity contribution in [3.8, 4) is 0 Å². The molecule has 4 heteroatoms. The first kappa shape index (κ1) is 13.5. The Morgan fingerprint density at radius 1 is 1.50 bits per heavy atom. The van der Waals surface area contributed by atoms with Gasteiger partial charge in [-0.3, -0.25) is 4.79 Å². The molecule has 0 saturated heterocycles. The predicted octanol–water partition coefficient (Wildman–Crippen LogP) is 1.01. The summed E-state index contributed by atoms with van der Waals surface area (Å²) in [6, 6.07) is 0.636. The van der Waals surface area contributed by atoms with E-state index >= 15 is 0 Å². The normalized spacial score (nSPS) is 17.5. The fourth-order valence-corrected chi connectivity index (χ4v) is 1.75. The van der Waals surface area contributed by atoms with E-state index in [0.29, 0.717) is 6.61 Å². The Labute approximate surface area is 98.3 Å². The lowest BCUT2D eigenvalue weighted by atomic mass is 10.2. The molecule has 0 radical (unpaired) electrons. The number of esters is 1. The quantitative estimate of drug-likeness (QED) is 0.630. The van der Waals surface area contributed by atoms with Crippen molar-refractivity contribution in [2.75, 3.05) is 26.7 Å². The van der Waals surface area contributed by atoms with Crippen LogP contribution in [0, 0.1) is 0 Å². The number of hydrogen-bond acceptors (Lipinski definition) is 4. The van der Waals surface area contributed by atoms with Crippen LogP contribution in [-0.4, -0.2) is 49.7 Å². The number of carbonyl (C=O) groups is 1. The van der Waals surface area contributed by atoms with Gasteiger partial charge in [-0.2, -0.15) is 0 Å². The van der Waals surface area contributed by atoms with Crippen LogP contribution in [0.2, 0.25) is 0 Å². The molecule has 0 bridgehead atoms. The molecule has 0 aromatic carbocycles. The SMILES string of the molecule is CCOC(=O)C(CC)NCCN(C)C1CC1. The molecule has 1 aliphatic rings. The molecule has 1 atom stereocenters. The van der Waals surface area contributed by atoms with Gasteiger partial charge < -0.3 is 15.0 Å². The molecule has 1 unspecified atom stereocenters. The molecule has 0 aromatic rings. The maximum Gasteiger partial charge on any atom is 0.323 e. The minimum absolute atomic E-state index is 0.126. The zero-order valence-corrected chi connectivity index (χ0v) is 10.7. The second-order valence-corrected chi connectivity index (χ2v) is 4.38. The molecule has 1 rings (SSSR count). The fourth-order valence-electron chi connectivity index (χ4n) is 1.75. The molecule has 0 spiro atoms. The third kappa shape index (κ3) is 4.49. The van der Waals surface area contributed by atoms with E-state index in [4.69, 9.17) is 4.74 Å². The Hall–Kier alpha value is -0.610. The lowest BCUT2D eigenvalue weighted by Crippen LogP contribution is -2.41. The van der Waals surface area contributed by atoms with Crippen LogP contribution < -0.4 is 5.32 Å². The highest BCUT2D eigenvalue weighted by Crippen LogP contribution is 2.24. The van der Waals surface area contributed by atoms with Crippen molar-refractivity contribution in [2.45, 2.75) is 45.2 Å². The highest BCUT2D eigenvalue weighted by Gasteiger charge is 2.25. The third-order valence-electron chi connectivity index (χ3n) is 3.00. The van der Waals surface area contributed by atoms with Crippen LogP contribution in [-0.2, 0) is 9.53 Å². The van der Waals surface area contributed by atoms with Gasteiger partial charge in [-0.1, -0.05) is 6.92 Å². The summed E-state index contributed by atoms with van der Waals surface area (Å²) in [7, 11) is 2.14. The number of nitrogens with zero attached hydrogens (tertiary/aromatic N) is 1. The van der Waals surface area contributed by atoms with Crippen LogP contribution in [0.15, 0.2) is 0 Å². The molecule has 94 valence electrons. The van der Waals surface area contributed by atoms with Gasteiger partial charge >= 0.3 is 5.97 Å². The average Bonchev–Trinajstić information content (AvgIpc) is 3.08. The number of nitrogens with one attached hydrogen (secondary N) is 1. The van der Waals surface area contributed by atoms with Gasteiger partial charge in [0.1, 0.15) is 6.04 Å². The van der Waals surface area contributed by atoms with Gasteiger partial charge in [0, 0.05) is 19.1 Å². The topological polar surface area (TPSA) is 41.6 Å². The van der Waals surface area contributed by atoms with E-state index in [1.165, 1.54) is 12.8 Å². The monoisotopic (exact) mass is 228 g/mol. The van der Waals surface area contributed by atoms with E-state index in [9.17, 15) is 4.79 Å². The molecule has 1 N–H and O–H groups in total. The van der Waals surface area contributed by atoms with Crippen molar-refractivity contribution < 1.29 is 9.53 Å². The number of ether oxygens (including phenoxy) is 1. The van der Waals surface area contributed by atoms with E-state index in [2.05, 4.69) is 17.3 Å². The lowest BCUT2D eigenvalue weighted by Gasteiger charge is -2.19. The summed E-state index contributed by atoms with van der Waals surface area (Å²) in [4.78, 5) is 13.8. The second-order valence-electron chi connectivity index (χ2n) is 4.38. The van der Waals surface area contributed by atoms with Crippen molar-refractivity contribution in [2.24, 2.45) is 0 Å². The van der Waals surface area contributed by atoms with E-state index < -0.39 is 0 Å².